The Labute approximate surface area is 193 Å². The summed E-state index contributed by atoms with van der Waals surface area (Å²) in [5, 5.41) is 3.40. The van der Waals surface area contributed by atoms with Gasteiger partial charge in [-0.1, -0.05) is 24.3 Å². The Hall–Kier alpha value is -3.59. The summed E-state index contributed by atoms with van der Waals surface area (Å²) >= 11 is 0. The van der Waals surface area contributed by atoms with Gasteiger partial charge in [0.25, 0.3) is 11.8 Å². The maximum absolute atomic E-state index is 13.0. The van der Waals surface area contributed by atoms with Gasteiger partial charge in [0.2, 0.25) is 0 Å². The molecule has 1 heterocycles. The Bertz CT molecular complexity index is 1050. The van der Waals surface area contributed by atoms with Crippen LogP contribution in [0.4, 0.5) is 4.79 Å². The van der Waals surface area contributed by atoms with Gasteiger partial charge in [-0.15, -0.1) is 0 Å². The molecule has 33 heavy (non-hydrogen) atoms. The summed E-state index contributed by atoms with van der Waals surface area (Å²) in [6.07, 6.45) is 0. The van der Waals surface area contributed by atoms with E-state index in [1.165, 1.54) is 0 Å². The van der Waals surface area contributed by atoms with E-state index in [-0.39, 0.29) is 6.54 Å². The highest BCUT2D eigenvalue weighted by atomic mass is 16.5. The lowest BCUT2D eigenvalue weighted by atomic mass is 9.92. The van der Waals surface area contributed by atoms with Crippen molar-refractivity contribution in [3.63, 3.8) is 0 Å². The van der Waals surface area contributed by atoms with E-state index in [0.717, 1.165) is 27.4 Å². The van der Waals surface area contributed by atoms with Crippen LogP contribution < -0.4 is 20.2 Å². The van der Waals surface area contributed by atoms with Gasteiger partial charge < -0.3 is 14.8 Å². The second-order valence-corrected chi connectivity index (χ2v) is 8.39. The number of aryl methyl sites for hydroxylation is 2. The van der Waals surface area contributed by atoms with E-state index in [4.69, 9.17) is 9.47 Å². The zero-order valence-electron chi connectivity index (χ0n) is 19.8. The largest absolute Gasteiger partial charge is 0.497 e. The molecule has 1 fully saturated rings. The molecule has 0 aromatic heterocycles. The number of urea groups is 1. The number of carbonyl (C=O) groups excluding carboxylic acids is 3. The van der Waals surface area contributed by atoms with Gasteiger partial charge in [0.1, 0.15) is 17.0 Å². The highest BCUT2D eigenvalue weighted by Gasteiger charge is 2.50. The summed E-state index contributed by atoms with van der Waals surface area (Å²) in [5.74, 6) is 0.448. The van der Waals surface area contributed by atoms with Crippen LogP contribution in [0.1, 0.15) is 29.2 Å². The molecule has 0 saturated carbocycles. The Kier molecular flexibility index (Phi) is 6.92. The lowest BCUT2D eigenvalue weighted by Gasteiger charge is -2.23. The molecule has 4 amide bonds. The molecular formula is C24H30N4O5. The van der Waals surface area contributed by atoms with Gasteiger partial charge >= 0.3 is 6.03 Å². The predicted molar refractivity (Wildman–Crippen MR) is 123 cm³/mol. The van der Waals surface area contributed by atoms with E-state index in [1.54, 1.807) is 57.4 Å². The summed E-state index contributed by atoms with van der Waals surface area (Å²) in [6.45, 7) is 6.06. The number of imide groups is 1. The molecule has 176 valence electrons. The van der Waals surface area contributed by atoms with E-state index < -0.39 is 23.4 Å². The number of hydrazine groups is 1. The van der Waals surface area contributed by atoms with Crippen LogP contribution in [0.2, 0.25) is 0 Å². The lowest BCUT2D eigenvalue weighted by Crippen LogP contribution is -2.50. The molecule has 1 unspecified atom stereocenters. The number of nitrogens with one attached hydrogen (secondary N) is 2. The maximum atomic E-state index is 13.0. The van der Waals surface area contributed by atoms with Crippen LogP contribution in [0.3, 0.4) is 0 Å². The molecule has 1 aliphatic rings. The number of benzene rings is 2. The normalized spacial score (nSPS) is 17.8. The Morgan fingerprint density at radius 2 is 1.70 bits per heavy atom. The van der Waals surface area contributed by atoms with Crippen LogP contribution in [0.25, 0.3) is 0 Å². The van der Waals surface area contributed by atoms with Crippen LogP contribution in [0.5, 0.6) is 11.5 Å². The van der Waals surface area contributed by atoms with Crippen molar-refractivity contribution in [1.29, 1.82) is 0 Å². The fourth-order valence-corrected chi connectivity index (χ4v) is 4.09. The van der Waals surface area contributed by atoms with Gasteiger partial charge in [-0.05, 0) is 62.2 Å². The van der Waals surface area contributed by atoms with Crippen LogP contribution in [0.15, 0.2) is 36.4 Å². The molecule has 3 rings (SSSR count). The molecule has 9 nitrogen and oxygen atoms in total. The average molecular weight is 455 g/mol. The van der Waals surface area contributed by atoms with Gasteiger partial charge in [-0.2, -0.15) is 5.01 Å². The third-order valence-electron chi connectivity index (χ3n) is 5.68. The first kappa shape index (κ1) is 24.1. The lowest BCUT2D eigenvalue weighted by molar-refractivity contribution is -0.139. The molecule has 1 aliphatic heterocycles. The van der Waals surface area contributed by atoms with E-state index in [9.17, 15) is 14.4 Å². The predicted octanol–water partition coefficient (Wildman–Crippen LogP) is 2.25. The highest BCUT2D eigenvalue weighted by Crippen LogP contribution is 2.29. The van der Waals surface area contributed by atoms with Crippen molar-refractivity contribution in [3.8, 4) is 11.5 Å². The molecule has 2 aromatic rings. The van der Waals surface area contributed by atoms with Gasteiger partial charge in [0, 0.05) is 6.54 Å². The van der Waals surface area contributed by atoms with Crippen molar-refractivity contribution in [2.75, 3.05) is 27.8 Å². The number of hydrogen-bond donors (Lipinski definition) is 2. The molecule has 0 aliphatic carbocycles. The quantitative estimate of drug-likeness (QED) is 0.594. The molecule has 0 spiro atoms. The minimum atomic E-state index is -1.29. The topological polar surface area (TPSA) is 100 Å². The fourth-order valence-electron chi connectivity index (χ4n) is 4.09. The Morgan fingerprint density at radius 1 is 1.09 bits per heavy atom. The molecule has 1 atom stereocenters. The summed E-state index contributed by atoms with van der Waals surface area (Å²) in [6, 6.07) is 10.2. The number of hydrogen-bond acceptors (Lipinski definition) is 6. The van der Waals surface area contributed by atoms with Crippen LogP contribution >= 0.6 is 0 Å². The third-order valence-corrected chi connectivity index (χ3v) is 5.68. The van der Waals surface area contributed by atoms with Crippen LogP contribution in [0, 0.1) is 13.8 Å². The third kappa shape index (κ3) is 4.93. The number of likely N-dealkylation sites (N-methyl/N-ethyl adjacent to an activating group) is 1. The number of rotatable bonds is 8. The molecule has 2 aromatic carbocycles. The van der Waals surface area contributed by atoms with Crippen LogP contribution in [-0.4, -0.2) is 55.6 Å². The molecule has 2 N–H and O–H groups in total. The number of ether oxygens (including phenoxy) is 2. The van der Waals surface area contributed by atoms with Gasteiger partial charge in [-0.25, -0.2) is 4.79 Å². The molecule has 0 radical (unpaired) electrons. The number of nitrogens with zero attached hydrogens (tertiary/aromatic N) is 2. The first-order chi connectivity index (χ1) is 15.6. The zero-order valence-corrected chi connectivity index (χ0v) is 19.8. The van der Waals surface area contributed by atoms with E-state index in [0.29, 0.717) is 17.9 Å². The molecule has 0 bridgehead atoms. The first-order valence-corrected chi connectivity index (χ1v) is 10.5. The van der Waals surface area contributed by atoms with E-state index in [1.807, 2.05) is 26.0 Å². The van der Waals surface area contributed by atoms with Crippen molar-refractivity contribution in [2.45, 2.75) is 32.9 Å². The zero-order chi connectivity index (χ0) is 24.3. The van der Waals surface area contributed by atoms with Gasteiger partial charge in [-0.3, -0.25) is 19.9 Å². The number of carbonyl (C=O) groups is 3. The Balaban J connectivity index is 1.64. The van der Waals surface area contributed by atoms with E-state index in [2.05, 4.69) is 10.7 Å². The van der Waals surface area contributed by atoms with Crippen LogP contribution in [-0.2, 0) is 21.7 Å². The summed E-state index contributed by atoms with van der Waals surface area (Å²) in [7, 11) is 4.98. The standard InChI is InChI=1S/C24H30N4O5/c1-15-11-17(12-16(2)21(15)33-6)13-27(4)14-20(29)26-28-22(30)24(3,25-23(28)31)18-7-9-19(32-5)10-8-18/h7-12H,13-14H2,1-6H3,(H,25,31)(H,26,29). The van der Waals surface area contributed by atoms with Gasteiger partial charge in [0.05, 0.1) is 20.8 Å². The smallest absolute Gasteiger partial charge is 0.344 e. The summed E-state index contributed by atoms with van der Waals surface area (Å²) in [4.78, 5) is 39.9. The van der Waals surface area contributed by atoms with Gasteiger partial charge in [0.15, 0.2) is 0 Å². The average Bonchev–Trinajstić information content (AvgIpc) is 2.97. The number of methoxy groups -OCH3 is 2. The van der Waals surface area contributed by atoms with Crippen molar-refractivity contribution >= 4 is 17.8 Å². The highest BCUT2D eigenvalue weighted by molar-refractivity contribution is 6.08. The van der Waals surface area contributed by atoms with Crippen molar-refractivity contribution < 1.29 is 23.9 Å². The maximum Gasteiger partial charge on any atom is 0.344 e. The molecule has 9 heteroatoms. The SMILES string of the molecule is COc1ccc(C2(C)NC(=O)N(NC(=O)CN(C)Cc3cc(C)c(OC)c(C)c3)C2=O)cc1. The first-order valence-electron chi connectivity index (χ1n) is 10.5. The monoisotopic (exact) mass is 454 g/mol. The minimum absolute atomic E-state index is 0.000431. The van der Waals surface area contributed by atoms with Crippen molar-refractivity contribution in [3.05, 3.63) is 58.7 Å². The summed E-state index contributed by atoms with van der Waals surface area (Å²) in [5.41, 5.74) is 4.79. The number of amides is 4. The minimum Gasteiger partial charge on any atom is -0.497 e. The second kappa shape index (κ2) is 9.50. The Morgan fingerprint density at radius 3 is 2.24 bits per heavy atom. The second-order valence-electron chi connectivity index (χ2n) is 8.39. The van der Waals surface area contributed by atoms with E-state index >= 15 is 0 Å². The summed E-state index contributed by atoms with van der Waals surface area (Å²) < 4.78 is 10.5. The molecular weight excluding hydrogens is 424 g/mol. The van der Waals surface area contributed by atoms with Crippen molar-refractivity contribution in [1.82, 2.24) is 20.7 Å². The van der Waals surface area contributed by atoms with Crippen molar-refractivity contribution in [2.24, 2.45) is 0 Å². The molecule has 1 saturated heterocycles. The fraction of sp³-hybridized carbons (Fsp3) is 0.375.